The second-order valence-corrected chi connectivity index (χ2v) is 9.50. The Bertz CT molecular complexity index is 1460. The highest BCUT2D eigenvalue weighted by molar-refractivity contribution is 6.05. The smallest absolute Gasteiger partial charge is 0.323 e. The summed E-state index contributed by atoms with van der Waals surface area (Å²) in [6.45, 7) is 6.87. The summed E-state index contributed by atoms with van der Waals surface area (Å²) < 4.78 is 5.46. The fraction of sp³-hybridized carbons (Fsp3) is 0.241. The largest absolute Gasteiger partial charge is 0.378 e. The maximum Gasteiger partial charge on any atom is 0.323 e. The third-order valence-corrected chi connectivity index (χ3v) is 6.20. The molecule has 2 aromatic heterocycles. The van der Waals surface area contributed by atoms with Gasteiger partial charge < -0.3 is 25.6 Å². The average molecular weight is 539 g/mol. The van der Waals surface area contributed by atoms with Gasteiger partial charge >= 0.3 is 6.03 Å². The van der Waals surface area contributed by atoms with Crippen LogP contribution in [0.3, 0.4) is 0 Å². The molecule has 0 unspecified atom stereocenters. The van der Waals surface area contributed by atoms with Crippen LogP contribution in [0.2, 0.25) is 0 Å². The number of anilines is 4. The number of morpholine rings is 1. The molecule has 0 spiro atoms. The van der Waals surface area contributed by atoms with Crippen LogP contribution in [0.4, 0.5) is 27.8 Å². The van der Waals surface area contributed by atoms with Crippen LogP contribution in [0, 0.1) is 0 Å². The van der Waals surface area contributed by atoms with Gasteiger partial charge in [0.2, 0.25) is 5.95 Å². The van der Waals surface area contributed by atoms with Gasteiger partial charge in [-0.15, -0.1) is 0 Å². The molecule has 40 heavy (non-hydrogen) atoms. The van der Waals surface area contributed by atoms with Gasteiger partial charge in [-0.2, -0.15) is 9.97 Å². The Kier molecular flexibility index (Phi) is 8.21. The van der Waals surface area contributed by atoms with Crippen LogP contribution >= 0.6 is 0 Å². The Morgan fingerprint density at radius 2 is 1.38 bits per heavy atom. The normalized spacial score (nSPS) is 13.1. The van der Waals surface area contributed by atoms with Crippen molar-refractivity contribution in [2.75, 3.05) is 47.2 Å². The molecule has 0 atom stereocenters. The molecule has 4 aromatic rings. The van der Waals surface area contributed by atoms with Gasteiger partial charge in [0, 0.05) is 59.6 Å². The molecule has 3 amide bonds. The molecular weight excluding hydrogens is 508 g/mol. The molecule has 1 aliphatic heterocycles. The summed E-state index contributed by atoms with van der Waals surface area (Å²) in [4.78, 5) is 45.1. The maximum atomic E-state index is 12.6. The van der Waals surface area contributed by atoms with E-state index in [4.69, 9.17) is 9.72 Å². The molecule has 11 heteroatoms. The van der Waals surface area contributed by atoms with E-state index in [1.165, 1.54) is 0 Å². The van der Waals surface area contributed by atoms with Crippen molar-refractivity contribution < 1.29 is 14.3 Å². The van der Waals surface area contributed by atoms with Crippen molar-refractivity contribution in [1.29, 1.82) is 0 Å². The van der Waals surface area contributed by atoms with Gasteiger partial charge in [-0.25, -0.2) is 9.78 Å². The van der Waals surface area contributed by atoms with E-state index in [0.717, 1.165) is 24.5 Å². The summed E-state index contributed by atoms with van der Waals surface area (Å²) in [7, 11) is 0. The van der Waals surface area contributed by atoms with Crippen LogP contribution in [0.5, 0.6) is 0 Å². The molecule has 0 saturated carbocycles. The van der Waals surface area contributed by atoms with E-state index in [9.17, 15) is 9.59 Å². The number of hydrogen-bond donors (Lipinski definition) is 3. The third kappa shape index (κ3) is 6.75. The van der Waals surface area contributed by atoms with E-state index in [1.54, 1.807) is 60.9 Å². The van der Waals surface area contributed by atoms with Crippen molar-refractivity contribution in [2.24, 2.45) is 0 Å². The molecular formula is C29H30N8O3. The molecule has 204 valence electrons. The van der Waals surface area contributed by atoms with Crippen LogP contribution in [0.15, 0.2) is 73.1 Å². The first-order valence-electron chi connectivity index (χ1n) is 13.0. The Morgan fingerprint density at radius 3 is 2.00 bits per heavy atom. The lowest BCUT2D eigenvalue weighted by Crippen LogP contribution is -2.37. The quantitative estimate of drug-likeness (QED) is 0.306. The van der Waals surface area contributed by atoms with Crippen LogP contribution in [0.25, 0.3) is 11.4 Å². The molecule has 3 N–H and O–H groups in total. The number of benzene rings is 2. The Hall–Kier alpha value is -4.90. The van der Waals surface area contributed by atoms with Gasteiger partial charge in [0.05, 0.1) is 13.2 Å². The van der Waals surface area contributed by atoms with Crippen molar-refractivity contribution in [1.82, 2.24) is 19.9 Å². The lowest BCUT2D eigenvalue weighted by Gasteiger charge is -2.27. The number of carbonyl (C=O) groups is 2. The third-order valence-electron chi connectivity index (χ3n) is 6.20. The lowest BCUT2D eigenvalue weighted by molar-refractivity contribution is 0.102. The topological polar surface area (TPSA) is 134 Å². The number of amides is 3. The highest BCUT2D eigenvalue weighted by atomic mass is 16.5. The highest BCUT2D eigenvalue weighted by Gasteiger charge is 2.18. The first kappa shape index (κ1) is 26.7. The van der Waals surface area contributed by atoms with Gasteiger partial charge in [0.25, 0.3) is 5.91 Å². The number of hydrogen-bond acceptors (Lipinski definition) is 8. The standard InChI is InChI=1S/C29H30N8O3/c1-19(2)25-34-26(36-28(35-25)37-15-17-40-18-16-37)20-3-7-22(8-4-20)32-29(39)33-23-9-5-21(6-10-23)27(38)31-24-11-13-30-14-12-24/h3-14,19H,15-18H2,1-2H3,(H,30,31,38)(H2,32,33,39). The highest BCUT2D eigenvalue weighted by Crippen LogP contribution is 2.23. The Balaban J connectivity index is 1.21. The van der Waals surface area contributed by atoms with Gasteiger partial charge in [0.1, 0.15) is 5.82 Å². The number of nitrogens with zero attached hydrogens (tertiary/aromatic N) is 5. The summed E-state index contributed by atoms with van der Waals surface area (Å²) in [5.74, 6) is 1.87. The molecule has 11 nitrogen and oxygen atoms in total. The van der Waals surface area contributed by atoms with Crippen LogP contribution in [0.1, 0.15) is 35.9 Å². The number of carbonyl (C=O) groups excluding carboxylic acids is 2. The molecule has 1 saturated heterocycles. The average Bonchev–Trinajstić information content (AvgIpc) is 2.98. The van der Waals surface area contributed by atoms with Crippen molar-refractivity contribution in [3.63, 3.8) is 0 Å². The van der Waals surface area contributed by atoms with E-state index in [1.807, 2.05) is 12.1 Å². The van der Waals surface area contributed by atoms with E-state index >= 15 is 0 Å². The zero-order chi connectivity index (χ0) is 27.9. The van der Waals surface area contributed by atoms with E-state index < -0.39 is 6.03 Å². The van der Waals surface area contributed by atoms with Crippen molar-refractivity contribution in [2.45, 2.75) is 19.8 Å². The summed E-state index contributed by atoms with van der Waals surface area (Å²) in [6.07, 6.45) is 3.21. The van der Waals surface area contributed by atoms with Gasteiger partial charge in [0.15, 0.2) is 5.82 Å². The van der Waals surface area contributed by atoms with Crippen molar-refractivity contribution >= 4 is 34.9 Å². The van der Waals surface area contributed by atoms with Gasteiger partial charge in [-0.1, -0.05) is 13.8 Å². The zero-order valence-electron chi connectivity index (χ0n) is 22.3. The molecule has 0 bridgehead atoms. The minimum atomic E-state index is -0.404. The molecule has 3 heterocycles. The van der Waals surface area contributed by atoms with Crippen LogP contribution < -0.4 is 20.9 Å². The Morgan fingerprint density at radius 1 is 0.775 bits per heavy atom. The predicted molar refractivity (Wildman–Crippen MR) is 154 cm³/mol. The summed E-state index contributed by atoms with van der Waals surface area (Å²) >= 11 is 0. The van der Waals surface area contributed by atoms with Crippen molar-refractivity contribution in [3.05, 3.63) is 84.4 Å². The van der Waals surface area contributed by atoms with Gasteiger partial charge in [-0.05, 0) is 60.7 Å². The number of nitrogens with one attached hydrogen (secondary N) is 3. The first-order valence-corrected chi connectivity index (χ1v) is 13.0. The molecule has 0 aliphatic carbocycles. The minimum Gasteiger partial charge on any atom is -0.378 e. The Labute approximate surface area is 232 Å². The molecule has 0 radical (unpaired) electrons. The SMILES string of the molecule is CC(C)c1nc(-c2ccc(NC(=O)Nc3ccc(C(=O)Nc4ccncc4)cc3)cc2)nc(N2CCOCC2)n1. The predicted octanol–water partition coefficient (Wildman–Crippen LogP) is 4.79. The molecule has 1 aliphatic rings. The van der Waals surface area contributed by atoms with Crippen LogP contribution in [-0.4, -0.2) is 58.2 Å². The minimum absolute atomic E-state index is 0.149. The number of ether oxygens (including phenoxy) is 1. The van der Waals surface area contributed by atoms with E-state index in [-0.39, 0.29) is 11.8 Å². The van der Waals surface area contributed by atoms with Crippen LogP contribution in [-0.2, 0) is 4.74 Å². The van der Waals surface area contributed by atoms with Crippen molar-refractivity contribution in [3.8, 4) is 11.4 Å². The molecule has 5 rings (SSSR count). The summed E-state index contributed by atoms with van der Waals surface area (Å²) in [5.41, 5.74) is 3.11. The number of rotatable bonds is 7. The fourth-order valence-corrected chi connectivity index (χ4v) is 4.01. The molecule has 1 fully saturated rings. The maximum absolute atomic E-state index is 12.6. The summed E-state index contributed by atoms with van der Waals surface area (Å²) in [5, 5.41) is 8.40. The first-order chi connectivity index (χ1) is 19.4. The summed E-state index contributed by atoms with van der Waals surface area (Å²) in [6, 6.07) is 17.0. The number of aromatic nitrogens is 4. The zero-order valence-corrected chi connectivity index (χ0v) is 22.3. The number of urea groups is 1. The monoisotopic (exact) mass is 538 g/mol. The second-order valence-electron chi connectivity index (χ2n) is 9.50. The second kappa shape index (κ2) is 12.3. The number of pyridine rings is 1. The lowest BCUT2D eigenvalue weighted by atomic mass is 10.1. The molecule has 2 aromatic carbocycles. The fourth-order valence-electron chi connectivity index (χ4n) is 4.01. The van der Waals surface area contributed by atoms with Gasteiger partial charge in [-0.3, -0.25) is 9.78 Å². The van der Waals surface area contributed by atoms with E-state index in [2.05, 4.69) is 49.6 Å². The van der Waals surface area contributed by atoms with E-state index in [0.29, 0.717) is 47.6 Å².